The van der Waals surface area contributed by atoms with E-state index in [0.29, 0.717) is 31.6 Å². The number of carbonyl (C=O) groups is 3. The van der Waals surface area contributed by atoms with Crippen LogP contribution < -0.4 is 10.6 Å². The normalized spacial score (nSPS) is 17.8. The van der Waals surface area contributed by atoms with Crippen LogP contribution >= 0.6 is 0 Å². The fourth-order valence-corrected chi connectivity index (χ4v) is 5.53. The third-order valence-corrected chi connectivity index (χ3v) is 7.65. The Morgan fingerprint density at radius 1 is 1.05 bits per heavy atom. The number of ether oxygens (including phenoxy) is 1. The molecule has 8 nitrogen and oxygen atoms in total. The Balaban J connectivity index is 1.40. The summed E-state index contributed by atoms with van der Waals surface area (Å²) in [5, 5.41) is 6.23. The number of carbonyl (C=O) groups excluding carboxylic acids is 3. The van der Waals surface area contributed by atoms with Crippen LogP contribution in [-0.2, 0) is 29.0 Å². The van der Waals surface area contributed by atoms with Crippen LogP contribution in [0.4, 0.5) is 4.79 Å². The van der Waals surface area contributed by atoms with Crippen LogP contribution in [0.15, 0.2) is 60.9 Å². The molecule has 3 aromatic rings. The molecule has 3 amide bonds. The summed E-state index contributed by atoms with van der Waals surface area (Å²) in [5.41, 5.74) is 6.14. The third-order valence-electron chi connectivity index (χ3n) is 7.65. The molecular formula is C33H38N4O4. The molecule has 8 heteroatoms. The summed E-state index contributed by atoms with van der Waals surface area (Å²) >= 11 is 0. The van der Waals surface area contributed by atoms with Crippen molar-refractivity contribution in [2.45, 2.75) is 65.1 Å². The molecule has 2 aliphatic rings. The number of esters is 1. The van der Waals surface area contributed by atoms with Gasteiger partial charge >= 0.3 is 12.0 Å². The van der Waals surface area contributed by atoms with Crippen LogP contribution in [0.3, 0.4) is 0 Å². The topological polar surface area (TPSA) is 101 Å². The molecular weight excluding hydrogens is 516 g/mol. The van der Waals surface area contributed by atoms with E-state index in [1.165, 1.54) is 11.8 Å². The Morgan fingerprint density at radius 2 is 1.83 bits per heavy atom. The van der Waals surface area contributed by atoms with Gasteiger partial charge in [-0.3, -0.25) is 9.78 Å². The molecule has 2 N–H and O–H groups in total. The van der Waals surface area contributed by atoms with Gasteiger partial charge in [-0.2, -0.15) is 0 Å². The smallest absolute Gasteiger partial charge is 0.339 e. The minimum absolute atomic E-state index is 0.0155. The van der Waals surface area contributed by atoms with E-state index >= 15 is 0 Å². The van der Waals surface area contributed by atoms with Gasteiger partial charge in [0.05, 0.1) is 12.2 Å². The zero-order chi connectivity index (χ0) is 29.1. The van der Waals surface area contributed by atoms with Crippen molar-refractivity contribution >= 4 is 17.9 Å². The summed E-state index contributed by atoms with van der Waals surface area (Å²) in [6.45, 7) is 9.33. The zero-order valence-electron chi connectivity index (χ0n) is 24.2. The minimum Gasteiger partial charge on any atom is -0.462 e. The molecule has 1 aliphatic heterocycles. The summed E-state index contributed by atoms with van der Waals surface area (Å²) in [7, 11) is 0. The molecule has 0 bridgehead atoms. The second kappa shape index (κ2) is 11.7. The SMILES string of the molecule is CCOC(=O)c1cncc(-c2ccc(CNC(=O)[C@@H]3C[C@H]3c3ccccc3)c3c2CCN(C(=O)NC(C)(C)C)C3)c1. The van der Waals surface area contributed by atoms with Crippen molar-refractivity contribution in [1.29, 1.82) is 0 Å². The van der Waals surface area contributed by atoms with Crippen molar-refractivity contribution in [3.8, 4) is 11.1 Å². The van der Waals surface area contributed by atoms with Gasteiger partial charge in [0, 0.05) is 49.0 Å². The lowest BCUT2D eigenvalue weighted by Crippen LogP contribution is -2.50. The molecule has 0 unspecified atom stereocenters. The summed E-state index contributed by atoms with van der Waals surface area (Å²) in [4.78, 5) is 44.7. The molecule has 1 aliphatic carbocycles. The molecule has 5 rings (SSSR count). The molecule has 0 saturated heterocycles. The first kappa shape index (κ1) is 28.3. The molecule has 2 heterocycles. The maximum atomic E-state index is 13.1. The van der Waals surface area contributed by atoms with E-state index in [0.717, 1.165) is 34.2 Å². The van der Waals surface area contributed by atoms with Gasteiger partial charge in [0.25, 0.3) is 0 Å². The summed E-state index contributed by atoms with van der Waals surface area (Å²) in [6.07, 6.45) is 4.76. The maximum absolute atomic E-state index is 13.1. The number of pyridine rings is 1. The Morgan fingerprint density at radius 3 is 2.56 bits per heavy atom. The highest BCUT2D eigenvalue weighted by molar-refractivity contribution is 5.91. The molecule has 2 atom stereocenters. The Kier molecular flexibility index (Phi) is 8.10. The van der Waals surface area contributed by atoms with Crippen molar-refractivity contribution in [2.75, 3.05) is 13.2 Å². The van der Waals surface area contributed by atoms with E-state index in [2.05, 4.69) is 27.8 Å². The van der Waals surface area contributed by atoms with Crippen molar-refractivity contribution < 1.29 is 19.1 Å². The number of hydrogen-bond acceptors (Lipinski definition) is 5. The molecule has 1 aromatic heterocycles. The summed E-state index contributed by atoms with van der Waals surface area (Å²) in [5.74, 6) is -0.100. The largest absolute Gasteiger partial charge is 0.462 e. The first-order chi connectivity index (χ1) is 19.6. The lowest BCUT2D eigenvalue weighted by atomic mass is 9.87. The Hall–Kier alpha value is -4.20. The standard InChI is InChI=1S/C33H38N4O4/c1-5-41-31(39)24-15-23(17-34-18-24)25-12-11-22(19-35-30(38)28-16-27(28)21-9-7-6-8-10-21)29-20-37(14-13-26(25)29)32(40)36-33(2,3)4/h6-12,15,17-18,27-28H,5,13-14,16,19-20H2,1-4H3,(H,35,38)(H,36,40)/t27-,28+/m0/s1. The summed E-state index contributed by atoms with van der Waals surface area (Å²) < 4.78 is 5.17. The van der Waals surface area contributed by atoms with Gasteiger partial charge < -0.3 is 20.3 Å². The highest BCUT2D eigenvalue weighted by Gasteiger charge is 2.43. The van der Waals surface area contributed by atoms with E-state index < -0.39 is 5.97 Å². The van der Waals surface area contributed by atoms with Crippen molar-refractivity contribution in [1.82, 2.24) is 20.5 Å². The molecule has 2 aromatic carbocycles. The highest BCUT2D eigenvalue weighted by atomic mass is 16.5. The van der Waals surface area contributed by atoms with E-state index in [9.17, 15) is 14.4 Å². The third kappa shape index (κ3) is 6.59. The Labute approximate surface area is 241 Å². The van der Waals surface area contributed by atoms with Gasteiger partial charge in [0.15, 0.2) is 0 Å². The van der Waals surface area contributed by atoms with Crippen LogP contribution in [0.1, 0.15) is 72.6 Å². The van der Waals surface area contributed by atoms with Gasteiger partial charge in [0.1, 0.15) is 0 Å². The van der Waals surface area contributed by atoms with Gasteiger partial charge in [0.2, 0.25) is 5.91 Å². The number of urea groups is 1. The number of amides is 3. The number of nitrogens with one attached hydrogen (secondary N) is 2. The van der Waals surface area contributed by atoms with Crippen LogP contribution in [0.5, 0.6) is 0 Å². The second-order valence-corrected chi connectivity index (χ2v) is 11.8. The number of rotatable bonds is 7. The van der Waals surface area contributed by atoms with Gasteiger partial charge in [-0.1, -0.05) is 42.5 Å². The number of nitrogens with zero attached hydrogens (tertiary/aromatic N) is 2. The van der Waals surface area contributed by atoms with E-state index in [1.54, 1.807) is 19.2 Å². The van der Waals surface area contributed by atoms with E-state index in [4.69, 9.17) is 4.74 Å². The van der Waals surface area contributed by atoms with Crippen LogP contribution in [0, 0.1) is 5.92 Å². The molecule has 41 heavy (non-hydrogen) atoms. The lowest BCUT2D eigenvalue weighted by molar-refractivity contribution is -0.122. The summed E-state index contributed by atoms with van der Waals surface area (Å²) in [6, 6.07) is 15.9. The van der Waals surface area contributed by atoms with E-state index in [1.807, 2.05) is 56.0 Å². The van der Waals surface area contributed by atoms with E-state index in [-0.39, 0.29) is 35.9 Å². The predicted molar refractivity (Wildman–Crippen MR) is 157 cm³/mol. The number of hydrogen-bond donors (Lipinski definition) is 2. The first-order valence-corrected chi connectivity index (χ1v) is 14.3. The van der Waals surface area contributed by atoms with Crippen molar-refractivity contribution in [3.05, 3.63) is 88.7 Å². The highest BCUT2D eigenvalue weighted by Crippen LogP contribution is 2.47. The maximum Gasteiger partial charge on any atom is 0.339 e. The zero-order valence-corrected chi connectivity index (χ0v) is 24.2. The lowest BCUT2D eigenvalue weighted by Gasteiger charge is -2.34. The van der Waals surface area contributed by atoms with Crippen molar-refractivity contribution in [3.63, 3.8) is 0 Å². The number of benzene rings is 2. The molecule has 0 radical (unpaired) electrons. The predicted octanol–water partition coefficient (Wildman–Crippen LogP) is 5.21. The van der Waals surface area contributed by atoms with Crippen molar-refractivity contribution in [2.24, 2.45) is 5.92 Å². The molecule has 1 fully saturated rings. The van der Waals surface area contributed by atoms with Gasteiger partial charge in [-0.05, 0) is 80.3 Å². The Bertz CT molecular complexity index is 1450. The minimum atomic E-state index is -0.408. The van der Waals surface area contributed by atoms with Gasteiger partial charge in [-0.15, -0.1) is 0 Å². The second-order valence-electron chi connectivity index (χ2n) is 11.8. The molecule has 214 valence electrons. The number of fused-ring (bicyclic) bond motifs is 1. The monoisotopic (exact) mass is 554 g/mol. The van der Waals surface area contributed by atoms with Gasteiger partial charge in [-0.25, -0.2) is 9.59 Å². The van der Waals surface area contributed by atoms with Crippen LogP contribution in [0.25, 0.3) is 11.1 Å². The average molecular weight is 555 g/mol. The average Bonchev–Trinajstić information content (AvgIpc) is 3.76. The number of aromatic nitrogens is 1. The molecule has 1 saturated carbocycles. The molecule has 0 spiro atoms. The quantitative estimate of drug-likeness (QED) is 0.391. The first-order valence-electron chi connectivity index (χ1n) is 14.3. The van der Waals surface area contributed by atoms with Crippen LogP contribution in [0.2, 0.25) is 0 Å². The van der Waals surface area contributed by atoms with Crippen LogP contribution in [-0.4, -0.2) is 46.5 Å². The fourth-order valence-electron chi connectivity index (χ4n) is 5.53. The fraction of sp³-hybridized carbons (Fsp3) is 0.394.